The molecule has 0 atom stereocenters. The van der Waals surface area contributed by atoms with Crippen LogP contribution in [-0.2, 0) is 10.1 Å². The third kappa shape index (κ3) is 3.47. The first-order valence-corrected chi connectivity index (χ1v) is 6.75. The topological polar surface area (TPSA) is 128 Å². The lowest BCUT2D eigenvalue weighted by Crippen LogP contribution is -2.14. The molecule has 2 aromatic rings. The van der Waals surface area contributed by atoms with E-state index in [9.17, 15) is 13.2 Å². The molecule has 10 heteroatoms. The molecule has 8 nitrogen and oxygen atoms in total. The normalized spacial score (nSPS) is 11.2. The Bertz CT molecular complexity index is 796. The number of H-pyrrole nitrogens is 2. The van der Waals surface area contributed by atoms with E-state index in [1.165, 1.54) is 24.3 Å². The van der Waals surface area contributed by atoms with Gasteiger partial charge in [-0.2, -0.15) is 13.4 Å². The van der Waals surface area contributed by atoms with Crippen molar-refractivity contribution in [3.8, 4) is 0 Å². The van der Waals surface area contributed by atoms with Gasteiger partial charge in [-0.25, -0.2) is 4.79 Å². The maximum atomic E-state index is 11.1. The predicted molar refractivity (Wildman–Crippen MR) is 69.6 cm³/mol. The highest BCUT2D eigenvalue weighted by atomic mass is 32.2. The van der Waals surface area contributed by atoms with Crippen molar-refractivity contribution in [3.63, 3.8) is 0 Å². The van der Waals surface area contributed by atoms with Crippen LogP contribution < -0.4 is 11.0 Å². The van der Waals surface area contributed by atoms with E-state index in [0.29, 0.717) is 5.69 Å². The molecule has 0 saturated heterocycles. The number of hydrogen-bond donors (Lipinski definition) is 4. The van der Waals surface area contributed by atoms with Crippen LogP contribution in [-0.4, -0.2) is 27.9 Å². The summed E-state index contributed by atoms with van der Waals surface area (Å²) in [4.78, 5) is 19.3. The fourth-order valence-electron chi connectivity index (χ4n) is 1.32. The number of aromatic nitrogens is 3. The molecule has 0 fully saturated rings. The maximum absolute atomic E-state index is 11.1. The SMILES string of the molecule is O=c1[nH]c(Nc2cccc(S(=O)(=O)O)c2)nc(=S)[nH]1. The summed E-state index contributed by atoms with van der Waals surface area (Å²) in [5.41, 5.74) is -0.229. The molecule has 0 spiro atoms. The van der Waals surface area contributed by atoms with E-state index in [-0.39, 0.29) is 15.6 Å². The van der Waals surface area contributed by atoms with E-state index in [0.717, 1.165) is 0 Å². The van der Waals surface area contributed by atoms with Crippen LogP contribution in [0, 0.1) is 4.77 Å². The van der Waals surface area contributed by atoms with Crippen molar-refractivity contribution < 1.29 is 13.0 Å². The van der Waals surface area contributed by atoms with Crippen molar-refractivity contribution in [3.05, 3.63) is 39.5 Å². The number of nitrogens with zero attached hydrogens (tertiary/aromatic N) is 1. The third-order valence-corrected chi connectivity index (χ3v) is 3.10. The molecular formula is C9H8N4O4S2. The van der Waals surface area contributed by atoms with E-state index in [4.69, 9.17) is 16.8 Å². The molecule has 100 valence electrons. The fraction of sp³-hybridized carbons (Fsp3) is 0. The summed E-state index contributed by atoms with van der Waals surface area (Å²) >= 11 is 4.73. The Morgan fingerprint density at radius 2 is 2.05 bits per heavy atom. The molecule has 0 radical (unpaired) electrons. The lowest BCUT2D eigenvalue weighted by Gasteiger charge is -2.05. The zero-order valence-electron chi connectivity index (χ0n) is 9.25. The van der Waals surface area contributed by atoms with Gasteiger partial charge in [0.2, 0.25) is 10.7 Å². The van der Waals surface area contributed by atoms with Crippen LogP contribution in [0.4, 0.5) is 11.6 Å². The molecule has 1 aromatic carbocycles. The van der Waals surface area contributed by atoms with Gasteiger partial charge in [0.15, 0.2) is 0 Å². The maximum Gasteiger partial charge on any atom is 0.327 e. The van der Waals surface area contributed by atoms with Gasteiger partial charge >= 0.3 is 5.69 Å². The first-order valence-electron chi connectivity index (χ1n) is 4.90. The molecule has 1 heterocycles. The molecule has 19 heavy (non-hydrogen) atoms. The van der Waals surface area contributed by atoms with Crippen LogP contribution >= 0.6 is 12.2 Å². The monoisotopic (exact) mass is 300 g/mol. The number of rotatable bonds is 3. The smallest absolute Gasteiger partial charge is 0.326 e. The Kier molecular flexibility index (Phi) is 3.46. The van der Waals surface area contributed by atoms with Crippen molar-refractivity contribution >= 4 is 34.0 Å². The zero-order valence-corrected chi connectivity index (χ0v) is 10.9. The van der Waals surface area contributed by atoms with Crippen LogP contribution in [0.1, 0.15) is 0 Å². The molecule has 2 rings (SSSR count). The third-order valence-electron chi connectivity index (χ3n) is 2.06. The highest BCUT2D eigenvalue weighted by molar-refractivity contribution is 7.85. The number of nitrogens with one attached hydrogen (secondary N) is 3. The molecule has 0 aliphatic carbocycles. The first kappa shape index (κ1) is 13.4. The minimum absolute atomic E-state index is 0.0165. The highest BCUT2D eigenvalue weighted by Crippen LogP contribution is 2.17. The molecule has 1 aromatic heterocycles. The summed E-state index contributed by atoms with van der Waals surface area (Å²) in [6.45, 7) is 0. The van der Waals surface area contributed by atoms with E-state index < -0.39 is 15.8 Å². The van der Waals surface area contributed by atoms with Crippen molar-refractivity contribution in [2.45, 2.75) is 4.90 Å². The number of anilines is 2. The Morgan fingerprint density at radius 3 is 2.68 bits per heavy atom. The van der Waals surface area contributed by atoms with Gasteiger partial charge in [0.25, 0.3) is 10.1 Å². The summed E-state index contributed by atoms with van der Waals surface area (Å²) in [5.74, 6) is 0.0567. The van der Waals surface area contributed by atoms with Gasteiger partial charge in [-0.05, 0) is 30.4 Å². The Hall–Kier alpha value is -2.04. The summed E-state index contributed by atoms with van der Waals surface area (Å²) < 4.78 is 30.9. The predicted octanol–water partition coefficient (Wildman–Crippen LogP) is 0.818. The second kappa shape index (κ2) is 4.91. The zero-order chi connectivity index (χ0) is 14.0. The van der Waals surface area contributed by atoms with Gasteiger partial charge in [0.1, 0.15) is 0 Å². The lowest BCUT2D eigenvalue weighted by molar-refractivity contribution is 0.483. The van der Waals surface area contributed by atoms with Crippen LogP contribution in [0.5, 0.6) is 0 Å². The van der Waals surface area contributed by atoms with Crippen LogP contribution in [0.25, 0.3) is 0 Å². The van der Waals surface area contributed by atoms with Crippen LogP contribution in [0.3, 0.4) is 0 Å². The molecule has 0 bridgehead atoms. The largest absolute Gasteiger partial charge is 0.327 e. The van der Waals surface area contributed by atoms with Crippen LogP contribution in [0.15, 0.2) is 34.0 Å². The van der Waals surface area contributed by atoms with Gasteiger partial charge in [-0.1, -0.05) is 6.07 Å². The Labute approximate surface area is 112 Å². The molecule has 0 saturated carbocycles. The number of hydrogen-bond acceptors (Lipinski definition) is 6. The molecule has 0 amide bonds. The van der Waals surface area contributed by atoms with E-state index in [1.54, 1.807) is 0 Å². The minimum atomic E-state index is -4.29. The molecule has 4 N–H and O–H groups in total. The van der Waals surface area contributed by atoms with Gasteiger partial charge in [-0.15, -0.1) is 0 Å². The molecule has 0 aliphatic heterocycles. The summed E-state index contributed by atoms with van der Waals surface area (Å²) in [6.07, 6.45) is 0. The van der Waals surface area contributed by atoms with Gasteiger partial charge in [0, 0.05) is 5.69 Å². The second-order valence-corrected chi connectivity index (χ2v) is 5.28. The van der Waals surface area contributed by atoms with Crippen molar-refractivity contribution in [1.29, 1.82) is 0 Å². The molecule has 0 aliphatic rings. The fourth-order valence-corrected chi connectivity index (χ4v) is 2.03. The van der Waals surface area contributed by atoms with Crippen molar-refractivity contribution in [2.75, 3.05) is 5.32 Å². The Morgan fingerprint density at radius 1 is 1.32 bits per heavy atom. The van der Waals surface area contributed by atoms with Crippen molar-refractivity contribution in [1.82, 2.24) is 15.0 Å². The van der Waals surface area contributed by atoms with Crippen LogP contribution in [0.2, 0.25) is 0 Å². The molecule has 0 unspecified atom stereocenters. The average Bonchev–Trinajstić information content (AvgIpc) is 2.26. The summed E-state index contributed by atoms with van der Waals surface area (Å²) in [6, 6.07) is 5.38. The minimum Gasteiger partial charge on any atom is -0.326 e. The first-order chi connectivity index (χ1) is 8.84. The average molecular weight is 300 g/mol. The Balaban J connectivity index is 2.39. The summed E-state index contributed by atoms with van der Waals surface area (Å²) in [7, 11) is -4.29. The van der Waals surface area contributed by atoms with Gasteiger partial charge in [-0.3, -0.25) is 14.5 Å². The van der Waals surface area contributed by atoms with E-state index in [1.807, 2.05) is 0 Å². The molecular weight excluding hydrogens is 292 g/mol. The second-order valence-electron chi connectivity index (χ2n) is 3.47. The standard InChI is InChI=1S/C9H8N4O4S2/c14-8-11-7(12-9(18)13-8)10-5-2-1-3-6(4-5)19(15,16)17/h1-4H,(H,15,16,17)(H3,10,11,12,13,14,18). The number of benzene rings is 1. The lowest BCUT2D eigenvalue weighted by atomic mass is 10.3. The van der Waals surface area contributed by atoms with E-state index >= 15 is 0 Å². The van der Waals surface area contributed by atoms with E-state index in [2.05, 4.69) is 20.3 Å². The highest BCUT2D eigenvalue weighted by Gasteiger charge is 2.09. The van der Waals surface area contributed by atoms with Crippen molar-refractivity contribution in [2.24, 2.45) is 0 Å². The number of aromatic amines is 2. The quantitative estimate of drug-likeness (QED) is 0.488. The van der Waals surface area contributed by atoms with Gasteiger partial charge in [0.05, 0.1) is 4.90 Å². The van der Waals surface area contributed by atoms with Gasteiger partial charge < -0.3 is 5.32 Å². The summed E-state index contributed by atoms with van der Waals surface area (Å²) in [5, 5.41) is 2.67.